The van der Waals surface area contributed by atoms with Crippen LogP contribution < -0.4 is 0 Å². The zero-order valence-electron chi connectivity index (χ0n) is 11.9. The van der Waals surface area contributed by atoms with Crippen LogP contribution in [0.3, 0.4) is 0 Å². The lowest BCUT2D eigenvalue weighted by molar-refractivity contribution is 0.654. The van der Waals surface area contributed by atoms with Gasteiger partial charge in [-0.15, -0.1) is 0 Å². The van der Waals surface area contributed by atoms with Gasteiger partial charge in [0.25, 0.3) is 0 Å². The van der Waals surface area contributed by atoms with E-state index in [1.54, 1.807) is 0 Å². The SMILES string of the molecule is CCCCCCc1nnc(-c2ccccc2)cc1C. The molecular formula is C17H22N2. The monoisotopic (exact) mass is 254 g/mol. The highest BCUT2D eigenvalue weighted by Gasteiger charge is 2.05. The maximum atomic E-state index is 4.40. The summed E-state index contributed by atoms with van der Waals surface area (Å²) in [7, 11) is 0. The maximum Gasteiger partial charge on any atom is 0.0932 e. The van der Waals surface area contributed by atoms with Crippen molar-refractivity contribution in [3.8, 4) is 11.3 Å². The van der Waals surface area contributed by atoms with E-state index in [1.807, 2.05) is 18.2 Å². The summed E-state index contributed by atoms with van der Waals surface area (Å²) >= 11 is 0. The van der Waals surface area contributed by atoms with Crippen LogP contribution in [0.5, 0.6) is 0 Å². The van der Waals surface area contributed by atoms with Gasteiger partial charge in [0.15, 0.2) is 0 Å². The van der Waals surface area contributed by atoms with E-state index in [9.17, 15) is 0 Å². The second-order valence-corrected chi connectivity index (χ2v) is 5.04. The van der Waals surface area contributed by atoms with Crippen LogP contribution in [0.25, 0.3) is 11.3 Å². The minimum absolute atomic E-state index is 0.968. The van der Waals surface area contributed by atoms with Crippen molar-refractivity contribution in [2.45, 2.75) is 46.0 Å². The number of benzene rings is 1. The minimum atomic E-state index is 0.968. The summed E-state index contributed by atoms with van der Waals surface area (Å²) in [6.07, 6.45) is 6.15. The molecule has 0 fully saturated rings. The molecule has 19 heavy (non-hydrogen) atoms. The molecule has 0 radical (unpaired) electrons. The summed E-state index contributed by atoms with van der Waals surface area (Å²) < 4.78 is 0. The van der Waals surface area contributed by atoms with Gasteiger partial charge in [0.1, 0.15) is 0 Å². The zero-order valence-corrected chi connectivity index (χ0v) is 11.9. The predicted molar refractivity (Wildman–Crippen MR) is 80.1 cm³/mol. The van der Waals surface area contributed by atoms with E-state index in [2.05, 4.69) is 42.2 Å². The molecule has 0 atom stereocenters. The Labute approximate surface area is 115 Å². The van der Waals surface area contributed by atoms with Crippen LogP contribution in [0, 0.1) is 6.92 Å². The lowest BCUT2D eigenvalue weighted by atomic mass is 10.1. The predicted octanol–water partition coefficient (Wildman–Crippen LogP) is 4.57. The Morgan fingerprint density at radius 2 is 1.74 bits per heavy atom. The Morgan fingerprint density at radius 1 is 0.947 bits per heavy atom. The molecule has 0 N–H and O–H groups in total. The number of hydrogen-bond donors (Lipinski definition) is 0. The molecule has 1 heterocycles. The molecule has 0 bridgehead atoms. The summed E-state index contributed by atoms with van der Waals surface area (Å²) in [6, 6.07) is 12.4. The highest BCUT2D eigenvalue weighted by molar-refractivity contribution is 5.59. The van der Waals surface area contributed by atoms with Crippen molar-refractivity contribution in [1.82, 2.24) is 10.2 Å². The van der Waals surface area contributed by atoms with Crippen LogP contribution in [0.2, 0.25) is 0 Å². The molecule has 1 aromatic heterocycles. The van der Waals surface area contributed by atoms with E-state index in [1.165, 1.54) is 31.2 Å². The Balaban J connectivity index is 2.05. The van der Waals surface area contributed by atoms with Gasteiger partial charge >= 0.3 is 0 Å². The third-order valence-electron chi connectivity index (χ3n) is 3.42. The fourth-order valence-electron chi connectivity index (χ4n) is 2.23. The lowest BCUT2D eigenvalue weighted by Gasteiger charge is -2.06. The van der Waals surface area contributed by atoms with Gasteiger partial charge in [0.05, 0.1) is 11.4 Å². The van der Waals surface area contributed by atoms with E-state index in [0.29, 0.717) is 0 Å². The Hall–Kier alpha value is -1.70. The Bertz CT molecular complexity index is 506. The first-order valence-electron chi connectivity index (χ1n) is 7.20. The maximum absolute atomic E-state index is 4.40. The second kappa shape index (κ2) is 7.03. The largest absolute Gasteiger partial charge is 0.155 e. The molecule has 0 saturated heterocycles. The molecule has 0 unspecified atom stereocenters. The molecule has 0 amide bonds. The molecule has 0 spiro atoms. The van der Waals surface area contributed by atoms with Crippen LogP contribution in [-0.2, 0) is 6.42 Å². The third kappa shape index (κ3) is 3.88. The van der Waals surface area contributed by atoms with E-state index in [0.717, 1.165) is 23.4 Å². The first-order valence-corrected chi connectivity index (χ1v) is 7.20. The van der Waals surface area contributed by atoms with Crippen LogP contribution in [-0.4, -0.2) is 10.2 Å². The molecule has 2 rings (SSSR count). The molecule has 0 aliphatic carbocycles. The van der Waals surface area contributed by atoms with E-state index in [-0.39, 0.29) is 0 Å². The topological polar surface area (TPSA) is 25.8 Å². The Morgan fingerprint density at radius 3 is 2.42 bits per heavy atom. The van der Waals surface area contributed by atoms with Gasteiger partial charge in [-0.2, -0.15) is 10.2 Å². The molecule has 100 valence electrons. The number of unbranched alkanes of at least 4 members (excludes halogenated alkanes) is 3. The standard InChI is InChI=1S/C17H22N2/c1-3-4-5-9-12-16-14(2)13-17(19-18-16)15-10-7-6-8-11-15/h6-8,10-11,13H,3-5,9,12H2,1-2H3. The second-order valence-electron chi connectivity index (χ2n) is 5.04. The molecular weight excluding hydrogens is 232 g/mol. The fraction of sp³-hybridized carbons (Fsp3) is 0.412. The summed E-state index contributed by atoms with van der Waals surface area (Å²) in [5.41, 5.74) is 4.51. The first-order chi connectivity index (χ1) is 9.31. The van der Waals surface area contributed by atoms with Crippen molar-refractivity contribution in [1.29, 1.82) is 0 Å². The number of hydrogen-bond acceptors (Lipinski definition) is 2. The van der Waals surface area contributed by atoms with Crippen molar-refractivity contribution in [2.24, 2.45) is 0 Å². The summed E-state index contributed by atoms with van der Waals surface area (Å²) in [6.45, 7) is 4.37. The van der Waals surface area contributed by atoms with E-state index < -0.39 is 0 Å². The van der Waals surface area contributed by atoms with E-state index >= 15 is 0 Å². The average Bonchev–Trinajstić information content (AvgIpc) is 2.46. The van der Waals surface area contributed by atoms with Crippen molar-refractivity contribution in [2.75, 3.05) is 0 Å². The van der Waals surface area contributed by atoms with Crippen molar-refractivity contribution in [3.05, 3.63) is 47.7 Å². The number of aromatic nitrogens is 2. The molecule has 0 aliphatic rings. The van der Waals surface area contributed by atoms with Gasteiger partial charge in [0, 0.05) is 5.56 Å². The molecule has 1 aromatic carbocycles. The molecule has 2 aromatic rings. The highest BCUT2D eigenvalue weighted by atomic mass is 15.1. The van der Waals surface area contributed by atoms with Crippen molar-refractivity contribution >= 4 is 0 Å². The third-order valence-corrected chi connectivity index (χ3v) is 3.42. The molecule has 2 nitrogen and oxygen atoms in total. The van der Waals surface area contributed by atoms with Gasteiger partial charge < -0.3 is 0 Å². The van der Waals surface area contributed by atoms with Crippen molar-refractivity contribution < 1.29 is 0 Å². The van der Waals surface area contributed by atoms with Crippen LogP contribution in [0.15, 0.2) is 36.4 Å². The quantitative estimate of drug-likeness (QED) is 0.705. The lowest BCUT2D eigenvalue weighted by Crippen LogP contribution is -1.99. The number of aryl methyl sites for hydroxylation is 2. The van der Waals surface area contributed by atoms with Gasteiger partial charge in [-0.1, -0.05) is 56.5 Å². The van der Waals surface area contributed by atoms with Crippen molar-refractivity contribution in [3.63, 3.8) is 0 Å². The summed E-state index contributed by atoms with van der Waals surface area (Å²) in [5.74, 6) is 0. The van der Waals surface area contributed by atoms with Gasteiger partial charge in [-0.05, 0) is 31.4 Å². The number of rotatable bonds is 6. The normalized spacial score (nSPS) is 10.6. The zero-order chi connectivity index (χ0) is 13.5. The number of nitrogens with zero attached hydrogens (tertiary/aromatic N) is 2. The van der Waals surface area contributed by atoms with Gasteiger partial charge in [-0.3, -0.25) is 0 Å². The highest BCUT2D eigenvalue weighted by Crippen LogP contribution is 2.18. The van der Waals surface area contributed by atoms with Gasteiger partial charge in [0.2, 0.25) is 0 Å². The molecule has 2 heteroatoms. The molecule has 0 aliphatic heterocycles. The first kappa shape index (κ1) is 13.7. The summed E-state index contributed by atoms with van der Waals surface area (Å²) in [5, 5.41) is 8.76. The van der Waals surface area contributed by atoms with Crippen LogP contribution >= 0.6 is 0 Å². The summed E-state index contributed by atoms with van der Waals surface area (Å²) in [4.78, 5) is 0. The van der Waals surface area contributed by atoms with Crippen LogP contribution in [0.1, 0.15) is 43.9 Å². The molecule has 0 saturated carbocycles. The average molecular weight is 254 g/mol. The van der Waals surface area contributed by atoms with Crippen LogP contribution in [0.4, 0.5) is 0 Å². The van der Waals surface area contributed by atoms with E-state index in [4.69, 9.17) is 0 Å². The Kier molecular flexibility index (Phi) is 5.08. The fourth-order valence-corrected chi connectivity index (χ4v) is 2.23. The van der Waals surface area contributed by atoms with Gasteiger partial charge in [-0.25, -0.2) is 0 Å². The minimum Gasteiger partial charge on any atom is -0.155 e. The smallest absolute Gasteiger partial charge is 0.0932 e.